The summed E-state index contributed by atoms with van der Waals surface area (Å²) in [4.78, 5) is 56.4. The third-order valence-corrected chi connectivity index (χ3v) is 5.79. The van der Waals surface area contributed by atoms with Gasteiger partial charge in [0.1, 0.15) is 5.82 Å². The van der Waals surface area contributed by atoms with Gasteiger partial charge in [-0.25, -0.2) is 9.78 Å². The van der Waals surface area contributed by atoms with E-state index in [4.69, 9.17) is 0 Å². The summed E-state index contributed by atoms with van der Waals surface area (Å²) in [5.74, 6) is 0.130. The maximum atomic E-state index is 12.5. The van der Waals surface area contributed by atoms with Crippen molar-refractivity contribution in [3.63, 3.8) is 0 Å². The lowest BCUT2D eigenvalue weighted by atomic mass is 10.1. The minimum absolute atomic E-state index is 0.0517. The van der Waals surface area contributed by atoms with Gasteiger partial charge in [0.05, 0.1) is 5.52 Å². The number of aryl methyl sites for hydroxylation is 2. The molecule has 0 saturated carbocycles. The Bertz CT molecular complexity index is 1050. The van der Waals surface area contributed by atoms with Crippen molar-refractivity contribution in [1.29, 1.82) is 0 Å². The van der Waals surface area contributed by atoms with E-state index in [2.05, 4.69) is 10.3 Å². The van der Waals surface area contributed by atoms with Crippen molar-refractivity contribution in [3.8, 4) is 0 Å². The van der Waals surface area contributed by atoms with Crippen molar-refractivity contribution in [2.24, 2.45) is 14.1 Å². The summed E-state index contributed by atoms with van der Waals surface area (Å²) in [6.45, 7) is 1.64. The number of amides is 3. The van der Waals surface area contributed by atoms with Gasteiger partial charge in [0.2, 0.25) is 17.7 Å². The zero-order chi connectivity index (χ0) is 20.7. The molecule has 0 radical (unpaired) electrons. The zero-order valence-corrected chi connectivity index (χ0v) is 16.6. The Hall–Kier alpha value is -3.17. The van der Waals surface area contributed by atoms with E-state index in [0.717, 1.165) is 6.42 Å². The van der Waals surface area contributed by atoms with Gasteiger partial charge < -0.3 is 15.1 Å². The van der Waals surface area contributed by atoms with E-state index in [9.17, 15) is 19.2 Å². The lowest BCUT2D eigenvalue weighted by Crippen LogP contribution is -2.53. The molecule has 0 bridgehead atoms. The summed E-state index contributed by atoms with van der Waals surface area (Å²) in [6, 6.07) is 3.48. The Morgan fingerprint density at radius 1 is 1.14 bits per heavy atom. The highest BCUT2D eigenvalue weighted by Gasteiger charge is 2.36. The molecule has 1 atom stereocenters. The first-order valence-electron chi connectivity index (χ1n) is 9.74. The number of rotatable bonds is 4. The van der Waals surface area contributed by atoms with Crippen LogP contribution < -0.4 is 11.0 Å². The van der Waals surface area contributed by atoms with Crippen molar-refractivity contribution in [2.75, 3.05) is 25.0 Å². The molecule has 0 spiro atoms. The average Bonchev–Trinajstić information content (AvgIpc) is 3.19. The van der Waals surface area contributed by atoms with Crippen molar-refractivity contribution in [1.82, 2.24) is 23.9 Å². The molecular formula is C19H24N6O4. The Labute approximate surface area is 167 Å². The predicted octanol–water partition coefficient (Wildman–Crippen LogP) is -0.176. The first-order chi connectivity index (χ1) is 13.8. The quantitative estimate of drug-likeness (QED) is 0.766. The number of pyridine rings is 1. The second-order valence-electron chi connectivity index (χ2n) is 7.61. The normalized spacial score (nSPS) is 19.0. The Balaban J connectivity index is 1.33. The molecule has 2 aliphatic rings. The number of aromatic nitrogens is 3. The molecule has 10 heteroatoms. The molecule has 2 saturated heterocycles. The lowest BCUT2D eigenvalue weighted by molar-refractivity contribution is -0.139. The van der Waals surface area contributed by atoms with Crippen LogP contribution in [0.5, 0.6) is 0 Å². The molecule has 1 N–H and O–H groups in total. The van der Waals surface area contributed by atoms with Gasteiger partial charge in [0.15, 0.2) is 5.65 Å². The molecular weight excluding hydrogens is 376 g/mol. The summed E-state index contributed by atoms with van der Waals surface area (Å²) in [5.41, 5.74) is 0.969. The maximum Gasteiger partial charge on any atom is 0.329 e. The van der Waals surface area contributed by atoms with E-state index in [1.165, 1.54) is 9.13 Å². The number of hydrogen-bond acceptors (Lipinski definition) is 5. The highest BCUT2D eigenvalue weighted by molar-refractivity contribution is 5.93. The molecule has 3 amide bonds. The summed E-state index contributed by atoms with van der Waals surface area (Å²) in [6.07, 6.45) is 1.51. The van der Waals surface area contributed by atoms with Gasteiger partial charge in [0, 0.05) is 59.0 Å². The van der Waals surface area contributed by atoms with Gasteiger partial charge >= 0.3 is 5.69 Å². The predicted molar refractivity (Wildman–Crippen MR) is 105 cm³/mol. The molecule has 2 fully saturated rings. The standard InChI is InChI=1S/C19H24N6O4/c1-22-13-4-5-14(21-18(13)23(2)19(22)29)20-15(26)6-8-16(27)24-9-10-25-12(11-24)3-7-17(25)28/h4-5,12H,3,6-11H2,1-2H3,(H,20,21,26). The van der Waals surface area contributed by atoms with Gasteiger partial charge in [-0.2, -0.15) is 0 Å². The van der Waals surface area contributed by atoms with Gasteiger partial charge in [-0.3, -0.25) is 23.5 Å². The third kappa shape index (κ3) is 3.50. The SMILES string of the molecule is Cn1c(=O)n(C)c2nc(NC(=O)CCC(=O)N3CCN4C(=O)CCC4C3)ccc21. The number of fused-ring (bicyclic) bond motifs is 2. The fourth-order valence-electron chi connectivity index (χ4n) is 4.11. The Kier molecular flexibility index (Phi) is 4.85. The molecule has 2 aromatic rings. The van der Waals surface area contributed by atoms with Crippen LogP contribution in [0.3, 0.4) is 0 Å². The number of anilines is 1. The zero-order valence-electron chi connectivity index (χ0n) is 16.6. The number of piperazine rings is 1. The lowest BCUT2D eigenvalue weighted by Gasteiger charge is -2.37. The van der Waals surface area contributed by atoms with Crippen molar-refractivity contribution in [3.05, 3.63) is 22.6 Å². The molecule has 2 aromatic heterocycles. The number of nitrogens with zero attached hydrogens (tertiary/aromatic N) is 5. The van der Waals surface area contributed by atoms with E-state index >= 15 is 0 Å². The molecule has 29 heavy (non-hydrogen) atoms. The second kappa shape index (κ2) is 7.34. The van der Waals surface area contributed by atoms with Crippen LogP contribution in [0.4, 0.5) is 5.82 Å². The largest absolute Gasteiger partial charge is 0.339 e. The Morgan fingerprint density at radius 2 is 1.93 bits per heavy atom. The number of hydrogen-bond donors (Lipinski definition) is 1. The summed E-state index contributed by atoms with van der Waals surface area (Å²) in [5, 5.41) is 2.69. The monoisotopic (exact) mass is 400 g/mol. The van der Waals surface area contributed by atoms with Crippen LogP contribution in [0.1, 0.15) is 25.7 Å². The van der Waals surface area contributed by atoms with E-state index < -0.39 is 0 Å². The first-order valence-corrected chi connectivity index (χ1v) is 9.74. The van der Waals surface area contributed by atoms with Crippen LogP contribution in [0, 0.1) is 0 Å². The Morgan fingerprint density at radius 3 is 2.72 bits per heavy atom. The molecule has 4 heterocycles. The summed E-state index contributed by atoms with van der Waals surface area (Å²) < 4.78 is 2.91. The second-order valence-corrected chi connectivity index (χ2v) is 7.61. The summed E-state index contributed by atoms with van der Waals surface area (Å²) in [7, 11) is 3.29. The molecule has 2 aliphatic heterocycles. The molecule has 0 aromatic carbocycles. The van der Waals surface area contributed by atoms with Gasteiger partial charge in [0.25, 0.3) is 0 Å². The molecule has 154 valence electrons. The highest BCUT2D eigenvalue weighted by Crippen LogP contribution is 2.23. The molecule has 1 unspecified atom stereocenters. The van der Waals surface area contributed by atoms with E-state index in [-0.39, 0.29) is 42.3 Å². The van der Waals surface area contributed by atoms with Crippen LogP contribution in [0.2, 0.25) is 0 Å². The van der Waals surface area contributed by atoms with Crippen LogP contribution in [0.25, 0.3) is 11.2 Å². The molecule has 0 aliphatic carbocycles. The number of carbonyl (C=O) groups excluding carboxylic acids is 3. The highest BCUT2D eigenvalue weighted by atomic mass is 16.2. The minimum atomic E-state index is -0.305. The fourth-order valence-corrected chi connectivity index (χ4v) is 4.11. The minimum Gasteiger partial charge on any atom is -0.339 e. The van der Waals surface area contributed by atoms with Crippen molar-refractivity contribution in [2.45, 2.75) is 31.7 Å². The van der Waals surface area contributed by atoms with Gasteiger partial charge in [-0.05, 0) is 18.6 Å². The summed E-state index contributed by atoms with van der Waals surface area (Å²) >= 11 is 0. The topological polar surface area (TPSA) is 110 Å². The van der Waals surface area contributed by atoms with Crippen molar-refractivity contribution >= 4 is 34.7 Å². The van der Waals surface area contributed by atoms with Crippen molar-refractivity contribution < 1.29 is 14.4 Å². The van der Waals surface area contributed by atoms with Crippen LogP contribution >= 0.6 is 0 Å². The molecule has 10 nitrogen and oxygen atoms in total. The third-order valence-electron chi connectivity index (χ3n) is 5.79. The smallest absolute Gasteiger partial charge is 0.329 e. The van der Waals surface area contributed by atoms with E-state index in [1.54, 1.807) is 31.1 Å². The fraction of sp³-hybridized carbons (Fsp3) is 0.526. The van der Waals surface area contributed by atoms with Gasteiger partial charge in [-0.1, -0.05) is 0 Å². The van der Waals surface area contributed by atoms with Crippen LogP contribution in [0.15, 0.2) is 16.9 Å². The molecule has 4 rings (SSSR count). The number of carbonyl (C=O) groups is 3. The van der Waals surface area contributed by atoms with Crippen LogP contribution in [-0.4, -0.2) is 67.3 Å². The maximum absolute atomic E-state index is 12.5. The van der Waals surface area contributed by atoms with E-state index in [1.807, 2.05) is 4.90 Å². The average molecular weight is 400 g/mol. The van der Waals surface area contributed by atoms with E-state index in [0.29, 0.717) is 43.0 Å². The number of nitrogens with one attached hydrogen (secondary N) is 1. The van der Waals surface area contributed by atoms with Crippen LogP contribution in [-0.2, 0) is 28.5 Å². The number of imidazole rings is 1. The first kappa shape index (κ1) is 19.2. The van der Waals surface area contributed by atoms with Gasteiger partial charge in [-0.15, -0.1) is 0 Å².